The average Bonchev–Trinajstić information content (AvgIpc) is 2.98. The van der Waals surface area contributed by atoms with Crippen LogP contribution in [-0.4, -0.2) is 33.2 Å². The largest absolute Gasteiger partial charge is 0.378 e. The highest BCUT2D eigenvalue weighted by atomic mass is 32.2. The Morgan fingerprint density at radius 1 is 1.32 bits per heavy atom. The molecule has 2 N–H and O–H groups in total. The topological polar surface area (TPSA) is 66.0 Å². The molecule has 0 spiro atoms. The number of ether oxygens (including phenoxy) is 1. The van der Waals surface area contributed by atoms with E-state index in [1.54, 1.807) is 0 Å². The third-order valence-corrected chi connectivity index (χ3v) is 4.78. The van der Waals surface area contributed by atoms with Crippen molar-refractivity contribution < 1.29 is 4.74 Å². The molecular weight excluding hydrogens is 260 g/mol. The second kappa shape index (κ2) is 6.24. The van der Waals surface area contributed by atoms with Gasteiger partial charge in [0.05, 0.1) is 12.6 Å². The maximum atomic E-state index is 5.72. The molecule has 0 radical (unpaired) electrons. The van der Waals surface area contributed by atoms with Gasteiger partial charge in [0, 0.05) is 18.4 Å². The summed E-state index contributed by atoms with van der Waals surface area (Å²) in [4.78, 5) is 0. The molecule has 1 aromatic rings. The summed E-state index contributed by atoms with van der Waals surface area (Å²) in [7, 11) is 0. The molecule has 2 aliphatic rings. The molecule has 19 heavy (non-hydrogen) atoms. The second-order valence-electron chi connectivity index (χ2n) is 5.33. The number of rotatable bonds is 7. The number of aromatic nitrogens is 3. The Labute approximate surface area is 118 Å². The Bertz CT molecular complexity index is 413. The average molecular weight is 282 g/mol. The zero-order valence-corrected chi connectivity index (χ0v) is 12.1. The van der Waals surface area contributed by atoms with Crippen LogP contribution in [0.3, 0.4) is 0 Å². The number of hydrogen-bond donors (Lipinski definition) is 1. The Morgan fingerprint density at radius 3 is 2.89 bits per heavy atom. The number of thioether (sulfide) groups is 1. The van der Waals surface area contributed by atoms with Crippen LogP contribution in [0.2, 0.25) is 0 Å². The highest BCUT2D eigenvalue weighted by Gasteiger charge is 2.29. The summed E-state index contributed by atoms with van der Waals surface area (Å²) in [6.45, 7) is 1.44. The molecule has 1 saturated heterocycles. The van der Waals surface area contributed by atoms with E-state index < -0.39 is 0 Å². The maximum Gasteiger partial charge on any atom is 0.191 e. The highest BCUT2D eigenvalue weighted by molar-refractivity contribution is 7.99. The monoisotopic (exact) mass is 282 g/mol. The van der Waals surface area contributed by atoms with Crippen LogP contribution < -0.4 is 5.73 Å². The first-order valence-corrected chi connectivity index (χ1v) is 8.25. The number of nitrogens with two attached hydrogens (primary N) is 1. The first-order valence-electron chi connectivity index (χ1n) is 7.26. The van der Waals surface area contributed by atoms with Crippen LogP contribution in [0.1, 0.15) is 50.4 Å². The molecule has 106 valence electrons. The molecule has 5 nitrogen and oxygen atoms in total. The van der Waals surface area contributed by atoms with Crippen LogP contribution in [-0.2, 0) is 11.3 Å². The molecule has 1 atom stereocenters. The first-order chi connectivity index (χ1) is 9.38. The third-order valence-electron chi connectivity index (χ3n) is 3.76. The van der Waals surface area contributed by atoms with Gasteiger partial charge in [0.25, 0.3) is 0 Å². The van der Waals surface area contributed by atoms with Gasteiger partial charge < -0.3 is 15.0 Å². The van der Waals surface area contributed by atoms with Crippen LogP contribution in [0.5, 0.6) is 0 Å². The van der Waals surface area contributed by atoms with Crippen molar-refractivity contribution in [2.45, 2.75) is 62.4 Å². The van der Waals surface area contributed by atoms with Crippen LogP contribution >= 0.6 is 11.8 Å². The van der Waals surface area contributed by atoms with Crippen LogP contribution in [0.25, 0.3) is 0 Å². The van der Waals surface area contributed by atoms with Gasteiger partial charge in [-0.15, -0.1) is 10.2 Å². The van der Waals surface area contributed by atoms with E-state index in [1.807, 2.05) is 11.8 Å². The minimum Gasteiger partial charge on any atom is -0.378 e. The van der Waals surface area contributed by atoms with Gasteiger partial charge in [-0.3, -0.25) is 0 Å². The predicted molar refractivity (Wildman–Crippen MR) is 75.1 cm³/mol. The number of hydrogen-bond acceptors (Lipinski definition) is 5. The van der Waals surface area contributed by atoms with Crippen molar-refractivity contribution in [3.8, 4) is 0 Å². The molecule has 3 rings (SSSR count). The molecule has 2 heterocycles. The van der Waals surface area contributed by atoms with Crippen LogP contribution in [0.4, 0.5) is 0 Å². The first kappa shape index (κ1) is 13.4. The molecule has 0 amide bonds. The van der Waals surface area contributed by atoms with Crippen LogP contribution in [0, 0.1) is 0 Å². The molecule has 0 bridgehead atoms. The molecule has 1 unspecified atom stereocenters. The fraction of sp³-hybridized carbons (Fsp3) is 0.846. The summed E-state index contributed by atoms with van der Waals surface area (Å²) in [5.41, 5.74) is 5.72. The smallest absolute Gasteiger partial charge is 0.191 e. The van der Waals surface area contributed by atoms with Gasteiger partial charge in [-0.2, -0.15) is 0 Å². The van der Waals surface area contributed by atoms with Gasteiger partial charge in [0.2, 0.25) is 0 Å². The van der Waals surface area contributed by atoms with Gasteiger partial charge in [-0.05, 0) is 38.5 Å². The van der Waals surface area contributed by atoms with Crippen molar-refractivity contribution in [3.05, 3.63) is 5.82 Å². The lowest BCUT2D eigenvalue weighted by Gasteiger charge is -2.09. The molecule has 1 aliphatic carbocycles. The maximum absolute atomic E-state index is 5.72. The molecule has 1 saturated carbocycles. The van der Waals surface area contributed by atoms with Crippen molar-refractivity contribution in [3.63, 3.8) is 0 Å². The van der Waals surface area contributed by atoms with Gasteiger partial charge in [0.1, 0.15) is 5.82 Å². The Morgan fingerprint density at radius 2 is 2.21 bits per heavy atom. The van der Waals surface area contributed by atoms with Crippen molar-refractivity contribution >= 4 is 11.8 Å². The number of nitrogens with zero attached hydrogens (tertiary/aromatic N) is 3. The van der Waals surface area contributed by atoms with E-state index in [0.29, 0.717) is 18.7 Å². The Balaban J connectivity index is 1.48. The zero-order chi connectivity index (χ0) is 13.1. The van der Waals surface area contributed by atoms with Gasteiger partial charge in [-0.1, -0.05) is 11.8 Å². The van der Waals surface area contributed by atoms with E-state index in [1.165, 1.54) is 38.5 Å². The van der Waals surface area contributed by atoms with E-state index in [-0.39, 0.29) is 0 Å². The lowest BCUT2D eigenvalue weighted by molar-refractivity contribution is 0.104. The summed E-state index contributed by atoms with van der Waals surface area (Å²) in [6.07, 6.45) is 7.82. The van der Waals surface area contributed by atoms with E-state index in [9.17, 15) is 0 Å². The molecule has 1 aromatic heterocycles. The SMILES string of the molecule is NCc1nnc(SCCCC2CCCO2)n1C1CC1. The molecule has 1 aliphatic heterocycles. The summed E-state index contributed by atoms with van der Waals surface area (Å²) in [5.74, 6) is 2.03. The van der Waals surface area contributed by atoms with E-state index in [4.69, 9.17) is 10.5 Å². The van der Waals surface area contributed by atoms with Gasteiger partial charge in [-0.25, -0.2) is 0 Å². The highest BCUT2D eigenvalue weighted by Crippen LogP contribution is 2.38. The normalized spacial score (nSPS) is 23.1. The van der Waals surface area contributed by atoms with Crippen molar-refractivity contribution in [2.24, 2.45) is 5.73 Å². The van der Waals surface area contributed by atoms with E-state index in [2.05, 4.69) is 14.8 Å². The lowest BCUT2D eigenvalue weighted by atomic mass is 10.1. The molecular formula is C13H22N4OS. The van der Waals surface area contributed by atoms with Crippen LogP contribution in [0.15, 0.2) is 5.16 Å². The van der Waals surface area contributed by atoms with Gasteiger partial charge in [0.15, 0.2) is 5.16 Å². The summed E-state index contributed by atoms with van der Waals surface area (Å²) in [5, 5.41) is 9.53. The summed E-state index contributed by atoms with van der Waals surface area (Å²) < 4.78 is 7.89. The summed E-state index contributed by atoms with van der Waals surface area (Å²) in [6, 6.07) is 0.606. The van der Waals surface area contributed by atoms with E-state index in [0.717, 1.165) is 23.3 Å². The van der Waals surface area contributed by atoms with Gasteiger partial charge >= 0.3 is 0 Å². The lowest BCUT2D eigenvalue weighted by Crippen LogP contribution is -2.08. The summed E-state index contributed by atoms with van der Waals surface area (Å²) >= 11 is 1.81. The zero-order valence-electron chi connectivity index (χ0n) is 11.3. The van der Waals surface area contributed by atoms with Crippen molar-refractivity contribution in [1.29, 1.82) is 0 Å². The fourth-order valence-corrected chi connectivity index (χ4v) is 3.58. The fourth-order valence-electron chi connectivity index (χ4n) is 2.59. The molecule has 0 aromatic carbocycles. The minimum atomic E-state index is 0.486. The quantitative estimate of drug-likeness (QED) is 0.613. The molecule has 6 heteroatoms. The second-order valence-corrected chi connectivity index (χ2v) is 6.39. The van der Waals surface area contributed by atoms with Crippen molar-refractivity contribution in [1.82, 2.24) is 14.8 Å². The van der Waals surface area contributed by atoms with E-state index >= 15 is 0 Å². The minimum absolute atomic E-state index is 0.486. The third kappa shape index (κ3) is 3.30. The Hall–Kier alpha value is -0.590. The Kier molecular flexibility index (Phi) is 4.40. The standard InChI is InChI=1S/C13H22N4OS/c14-9-12-15-16-13(17(12)10-5-6-10)19-8-2-4-11-3-1-7-18-11/h10-11H,1-9,14H2. The molecule has 2 fully saturated rings. The van der Waals surface area contributed by atoms with Crippen molar-refractivity contribution in [2.75, 3.05) is 12.4 Å². The predicted octanol–water partition coefficient (Wildman–Crippen LogP) is 2.12.